The molecule has 1 heterocycles. The lowest BCUT2D eigenvalue weighted by atomic mass is 9.91. The molecule has 2 aromatic rings. The first-order valence-electron chi connectivity index (χ1n) is 8.42. The largest absolute Gasteiger partial charge is 0.481 e. The van der Waals surface area contributed by atoms with E-state index in [1.54, 1.807) is 12.1 Å². The molecule has 26 heavy (non-hydrogen) atoms. The SMILES string of the molecule is O=C(O)Cc1ccc([C@H]2CCCN(S(=O)(=O)c3ccc(F)cc3)C2)cc1. The molecule has 1 N–H and O–H groups in total. The van der Waals surface area contributed by atoms with Crippen molar-refractivity contribution in [2.45, 2.75) is 30.1 Å². The minimum Gasteiger partial charge on any atom is -0.481 e. The Balaban J connectivity index is 1.76. The first-order valence-corrected chi connectivity index (χ1v) is 9.86. The third kappa shape index (κ3) is 4.11. The smallest absolute Gasteiger partial charge is 0.307 e. The van der Waals surface area contributed by atoms with Gasteiger partial charge in [-0.3, -0.25) is 4.79 Å². The molecular formula is C19H20FNO4S. The van der Waals surface area contributed by atoms with Crippen LogP contribution in [0.5, 0.6) is 0 Å². The van der Waals surface area contributed by atoms with E-state index in [9.17, 15) is 17.6 Å². The van der Waals surface area contributed by atoms with E-state index in [-0.39, 0.29) is 17.2 Å². The second-order valence-electron chi connectivity index (χ2n) is 6.47. The van der Waals surface area contributed by atoms with Crippen LogP contribution in [0, 0.1) is 5.82 Å². The normalized spacial score (nSPS) is 18.6. The Kier molecular flexibility index (Phi) is 5.38. The first kappa shape index (κ1) is 18.5. The number of rotatable bonds is 5. The predicted octanol–water partition coefficient (Wildman–Crippen LogP) is 3.02. The predicted molar refractivity (Wildman–Crippen MR) is 94.9 cm³/mol. The van der Waals surface area contributed by atoms with E-state index in [1.807, 2.05) is 12.1 Å². The molecule has 0 amide bonds. The molecule has 0 unspecified atom stereocenters. The number of carboxylic acid groups (broad SMARTS) is 1. The van der Waals surface area contributed by atoms with Crippen LogP contribution in [0.3, 0.4) is 0 Å². The van der Waals surface area contributed by atoms with Crippen molar-refractivity contribution in [3.63, 3.8) is 0 Å². The van der Waals surface area contributed by atoms with Crippen LogP contribution < -0.4 is 0 Å². The minimum absolute atomic E-state index is 0.0317. The van der Waals surface area contributed by atoms with Gasteiger partial charge in [0.1, 0.15) is 5.82 Å². The Hall–Kier alpha value is -2.25. The number of nitrogens with zero attached hydrogens (tertiary/aromatic N) is 1. The number of hydrogen-bond donors (Lipinski definition) is 1. The number of carbonyl (C=O) groups is 1. The summed E-state index contributed by atoms with van der Waals surface area (Å²) in [6.07, 6.45) is 1.58. The maximum atomic E-state index is 13.1. The fourth-order valence-electron chi connectivity index (χ4n) is 3.27. The quantitative estimate of drug-likeness (QED) is 0.869. The van der Waals surface area contributed by atoms with Crippen molar-refractivity contribution in [2.75, 3.05) is 13.1 Å². The molecule has 1 fully saturated rings. The van der Waals surface area contributed by atoms with Gasteiger partial charge in [-0.05, 0) is 54.2 Å². The van der Waals surface area contributed by atoms with E-state index in [4.69, 9.17) is 5.11 Å². The Morgan fingerprint density at radius 3 is 2.38 bits per heavy atom. The summed E-state index contributed by atoms with van der Waals surface area (Å²) in [4.78, 5) is 10.9. The number of carboxylic acids is 1. The summed E-state index contributed by atoms with van der Waals surface area (Å²) in [5.41, 5.74) is 1.71. The Labute approximate surface area is 152 Å². The van der Waals surface area contributed by atoms with E-state index >= 15 is 0 Å². The fraction of sp³-hybridized carbons (Fsp3) is 0.316. The van der Waals surface area contributed by atoms with Crippen molar-refractivity contribution in [1.82, 2.24) is 4.31 Å². The summed E-state index contributed by atoms with van der Waals surface area (Å²) in [7, 11) is -3.65. The first-order chi connectivity index (χ1) is 12.4. The number of halogens is 1. The van der Waals surface area contributed by atoms with Gasteiger partial charge in [0.15, 0.2) is 0 Å². The summed E-state index contributed by atoms with van der Waals surface area (Å²) in [6.45, 7) is 0.797. The summed E-state index contributed by atoms with van der Waals surface area (Å²) in [6, 6.07) is 12.2. The number of piperidine rings is 1. The summed E-state index contributed by atoms with van der Waals surface area (Å²) in [5, 5.41) is 8.84. The van der Waals surface area contributed by atoms with Gasteiger partial charge in [0.2, 0.25) is 10.0 Å². The molecule has 1 saturated heterocycles. The number of sulfonamides is 1. The molecule has 3 rings (SSSR count). The molecule has 0 aliphatic carbocycles. The van der Waals surface area contributed by atoms with E-state index in [2.05, 4.69) is 0 Å². The van der Waals surface area contributed by atoms with Crippen LogP contribution >= 0.6 is 0 Å². The molecule has 7 heteroatoms. The second kappa shape index (κ2) is 7.55. The van der Waals surface area contributed by atoms with E-state index < -0.39 is 21.8 Å². The van der Waals surface area contributed by atoms with Crippen LogP contribution in [-0.2, 0) is 21.2 Å². The van der Waals surface area contributed by atoms with E-state index in [0.717, 1.165) is 30.5 Å². The summed E-state index contributed by atoms with van der Waals surface area (Å²) < 4.78 is 40.1. The Morgan fingerprint density at radius 1 is 1.12 bits per heavy atom. The topological polar surface area (TPSA) is 74.7 Å². The van der Waals surface area contributed by atoms with Gasteiger partial charge in [0, 0.05) is 13.1 Å². The van der Waals surface area contributed by atoms with Gasteiger partial charge in [0.05, 0.1) is 11.3 Å². The maximum absolute atomic E-state index is 13.1. The highest BCUT2D eigenvalue weighted by molar-refractivity contribution is 7.89. The molecule has 0 saturated carbocycles. The van der Waals surface area contributed by atoms with Crippen molar-refractivity contribution in [1.29, 1.82) is 0 Å². The lowest BCUT2D eigenvalue weighted by molar-refractivity contribution is -0.136. The van der Waals surface area contributed by atoms with Gasteiger partial charge in [-0.2, -0.15) is 4.31 Å². The number of aliphatic carboxylic acids is 1. The van der Waals surface area contributed by atoms with Crippen molar-refractivity contribution in [2.24, 2.45) is 0 Å². The number of benzene rings is 2. The van der Waals surface area contributed by atoms with E-state index in [1.165, 1.54) is 16.4 Å². The van der Waals surface area contributed by atoms with Crippen LogP contribution in [0.4, 0.5) is 4.39 Å². The monoisotopic (exact) mass is 377 g/mol. The zero-order valence-corrected chi connectivity index (χ0v) is 15.0. The molecule has 1 atom stereocenters. The van der Waals surface area contributed by atoms with Gasteiger partial charge < -0.3 is 5.11 Å². The van der Waals surface area contributed by atoms with E-state index in [0.29, 0.717) is 18.7 Å². The highest BCUT2D eigenvalue weighted by atomic mass is 32.2. The Morgan fingerprint density at radius 2 is 1.77 bits per heavy atom. The van der Waals surface area contributed by atoms with Crippen LogP contribution in [0.1, 0.15) is 29.9 Å². The zero-order valence-electron chi connectivity index (χ0n) is 14.1. The lowest BCUT2D eigenvalue weighted by Gasteiger charge is -2.32. The molecule has 0 radical (unpaired) electrons. The fourth-order valence-corrected chi connectivity index (χ4v) is 4.79. The molecule has 0 aromatic heterocycles. The maximum Gasteiger partial charge on any atom is 0.307 e. The molecule has 1 aliphatic heterocycles. The molecule has 2 aromatic carbocycles. The van der Waals surface area contributed by atoms with Crippen molar-refractivity contribution in [3.05, 3.63) is 65.5 Å². The molecule has 0 bridgehead atoms. The summed E-state index contributed by atoms with van der Waals surface area (Å²) in [5.74, 6) is -1.30. The molecule has 138 valence electrons. The molecular weight excluding hydrogens is 357 g/mol. The van der Waals surface area contributed by atoms with Crippen molar-refractivity contribution < 1.29 is 22.7 Å². The van der Waals surface area contributed by atoms with Crippen LogP contribution in [-0.4, -0.2) is 36.9 Å². The summed E-state index contributed by atoms with van der Waals surface area (Å²) >= 11 is 0. The average molecular weight is 377 g/mol. The van der Waals surface area contributed by atoms with Gasteiger partial charge in [-0.1, -0.05) is 24.3 Å². The lowest BCUT2D eigenvalue weighted by Crippen LogP contribution is -2.39. The van der Waals surface area contributed by atoms with Crippen LogP contribution in [0.15, 0.2) is 53.4 Å². The highest BCUT2D eigenvalue weighted by Gasteiger charge is 2.30. The number of hydrogen-bond acceptors (Lipinski definition) is 3. The van der Waals surface area contributed by atoms with Gasteiger partial charge in [-0.25, -0.2) is 12.8 Å². The minimum atomic E-state index is -3.65. The average Bonchev–Trinajstić information content (AvgIpc) is 2.62. The van der Waals surface area contributed by atoms with Crippen LogP contribution in [0.2, 0.25) is 0 Å². The third-order valence-electron chi connectivity index (χ3n) is 4.64. The molecule has 5 nitrogen and oxygen atoms in total. The van der Waals surface area contributed by atoms with Crippen molar-refractivity contribution in [3.8, 4) is 0 Å². The molecule has 1 aliphatic rings. The van der Waals surface area contributed by atoms with Crippen LogP contribution in [0.25, 0.3) is 0 Å². The Bertz CT molecular complexity index is 879. The highest BCUT2D eigenvalue weighted by Crippen LogP contribution is 2.30. The second-order valence-corrected chi connectivity index (χ2v) is 8.41. The third-order valence-corrected chi connectivity index (χ3v) is 6.52. The standard InChI is InChI=1S/C19H20FNO4S/c20-17-7-9-18(10-8-17)26(24,25)21-11-1-2-16(13-21)15-5-3-14(4-6-15)12-19(22)23/h3-10,16H,1-2,11-13H2,(H,22,23)/t16-/m0/s1. The zero-order chi connectivity index (χ0) is 18.7. The van der Waals surface area contributed by atoms with Gasteiger partial charge in [-0.15, -0.1) is 0 Å². The van der Waals surface area contributed by atoms with Gasteiger partial charge >= 0.3 is 5.97 Å². The molecule has 0 spiro atoms. The van der Waals surface area contributed by atoms with Gasteiger partial charge in [0.25, 0.3) is 0 Å². The van der Waals surface area contributed by atoms with Crippen molar-refractivity contribution >= 4 is 16.0 Å².